The van der Waals surface area contributed by atoms with Crippen molar-refractivity contribution in [2.24, 2.45) is 0 Å². The Morgan fingerprint density at radius 3 is 2.63 bits per heavy atom. The fourth-order valence-corrected chi connectivity index (χ4v) is 2.12. The molecule has 0 aromatic heterocycles. The topological polar surface area (TPSA) is 32.3 Å². The Hall–Kier alpha value is -1.74. The summed E-state index contributed by atoms with van der Waals surface area (Å²) < 4.78 is 13.0. The number of halogens is 2. The summed E-state index contributed by atoms with van der Waals surface area (Å²) in [6.07, 6.45) is 0. The highest BCUT2D eigenvalue weighted by molar-refractivity contribution is 6.33. The molecule has 4 heteroatoms. The molecule has 0 saturated heterocycles. The van der Waals surface area contributed by atoms with Crippen molar-refractivity contribution in [2.75, 3.05) is 5.32 Å². The fraction of sp³-hybridized carbons (Fsp3) is 0.200. The highest BCUT2D eigenvalue weighted by Crippen LogP contribution is 2.30. The molecular formula is C15H15ClFNO. The minimum atomic E-state index is -0.456. The number of anilines is 1. The fourth-order valence-electron chi connectivity index (χ4n) is 1.94. The maximum atomic E-state index is 13.0. The van der Waals surface area contributed by atoms with Crippen LogP contribution in [0.4, 0.5) is 10.1 Å². The van der Waals surface area contributed by atoms with Gasteiger partial charge in [0.25, 0.3) is 0 Å². The molecular weight excluding hydrogens is 265 g/mol. The van der Waals surface area contributed by atoms with Crippen LogP contribution in [0.1, 0.15) is 24.1 Å². The van der Waals surface area contributed by atoms with E-state index in [-0.39, 0.29) is 11.8 Å². The summed E-state index contributed by atoms with van der Waals surface area (Å²) in [5.41, 5.74) is 2.50. The van der Waals surface area contributed by atoms with E-state index in [1.165, 1.54) is 6.07 Å². The van der Waals surface area contributed by atoms with E-state index >= 15 is 0 Å². The van der Waals surface area contributed by atoms with E-state index in [1.54, 1.807) is 6.07 Å². The minimum absolute atomic E-state index is 0.0659. The van der Waals surface area contributed by atoms with Crippen LogP contribution in [0.15, 0.2) is 36.4 Å². The number of aromatic hydroxyl groups is 1. The zero-order valence-electron chi connectivity index (χ0n) is 10.7. The number of nitrogens with one attached hydrogen (secondary N) is 1. The standard InChI is InChI=1S/C15H15ClFNO/c1-9-3-6-13(16)14(7-9)18-10(2)12-5-4-11(17)8-15(12)19/h3-8,10,18-19H,1-2H3. The zero-order valence-corrected chi connectivity index (χ0v) is 11.5. The molecule has 0 radical (unpaired) electrons. The van der Waals surface area contributed by atoms with E-state index < -0.39 is 5.82 Å². The van der Waals surface area contributed by atoms with Crippen molar-refractivity contribution in [1.82, 2.24) is 0 Å². The summed E-state index contributed by atoms with van der Waals surface area (Å²) in [4.78, 5) is 0. The largest absolute Gasteiger partial charge is 0.507 e. The number of rotatable bonds is 3. The Bertz CT molecular complexity index is 601. The van der Waals surface area contributed by atoms with Crippen molar-refractivity contribution in [3.63, 3.8) is 0 Å². The third-order valence-electron chi connectivity index (χ3n) is 2.95. The van der Waals surface area contributed by atoms with Crippen LogP contribution in [-0.2, 0) is 0 Å². The van der Waals surface area contributed by atoms with Crippen molar-refractivity contribution in [3.8, 4) is 5.75 Å². The first kappa shape index (κ1) is 13.7. The van der Waals surface area contributed by atoms with Gasteiger partial charge in [-0.05, 0) is 37.6 Å². The molecule has 19 heavy (non-hydrogen) atoms. The number of benzene rings is 2. The van der Waals surface area contributed by atoms with Gasteiger partial charge in [-0.15, -0.1) is 0 Å². The maximum Gasteiger partial charge on any atom is 0.126 e. The molecule has 1 unspecified atom stereocenters. The van der Waals surface area contributed by atoms with Crippen LogP contribution in [-0.4, -0.2) is 5.11 Å². The highest BCUT2D eigenvalue weighted by atomic mass is 35.5. The number of phenols is 1. The molecule has 2 nitrogen and oxygen atoms in total. The lowest BCUT2D eigenvalue weighted by Gasteiger charge is -2.18. The monoisotopic (exact) mass is 279 g/mol. The number of hydrogen-bond donors (Lipinski definition) is 2. The van der Waals surface area contributed by atoms with Crippen molar-refractivity contribution >= 4 is 17.3 Å². The van der Waals surface area contributed by atoms with Gasteiger partial charge in [0.05, 0.1) is 16.8 Å². The number of aryl methyl sites for hydroxylation is 1. The molecule has 0 amide bonds. The van der Waals surface area contributed by atoms with Gasteiger partial charge in [-0.3, -0.25) is 0 Å². The van der Waals surface area contributed by atoms with E-state index in [0.717, 1.165) is 17.3 Å². The van der Waals surface area contributed by atoms with Gasteiger partial charge in [0, 0.05) is 11.6 Å². The summed E-state index contributed by atoms with van der Waals surface area (Å²) in [6, 6.07) is 9.48. The normalized spacial score (nSPS) is 12.2. The van der Waals surface area contributed by atoms with Crippen molar-refractivity contribution < 1.29 is 9.50 Å². The Labute approximate surface area is 116 Å². The van der Waals surface area contributed by atoms with Crippen LogP contribution in [0, 0.1) is 12.7 Å². The quantitative estimate of drug-likeness (QED) is 0.856. The summed E-state index contributed by atoms with van der Waals surface area (Å²) in [5, 5.41) is 13.6. The summed E-state index contributed by atoms with van der Waals surface area (Å²) in [7, 11) is 0. The molecule has 2 aromatic rings. The average Bonchev–Trinajstić information content (AvgIpc) is 2.33. The second kappa shape index (κ2) is 5.49. The van der Waals surface area contributed by atoms with Crippen LogP contribution >= 0.6 is 11.6 Å². The predicted molar refractivity (Wildman–Crippen MR) is 76.3 cm³/mol. The van der Waals surface area contributed by atoms with Gasteiger partial charge >= 0.3 is 0 Å². The molecule has 100 valence electrons. The van der Waals surface area contributed by atoms with Crippen LogP contribution in [0.25, 0.3) is 0 Å². The van der Waals surface area contributed by atoms with Gasteiger partial charge in [0.15, 0.2) is 0 Å². The van der Waals surface area contributed by atoms with Crippen LogP contribution in [0.3, 0.4) is 0 Å². The molecule has 0 aliphatic rings. The molecule has 2 N–H and O–H groups in total. The first-order valence-corrected chi connectivity index (χ1v) is 6.36. The van der Waals surface area contributed by atoms with Crippen molar-refractivity contribution in [2.45, 2.75) is 19.9 Å². The van der Waals surface area contributed by atoms with Crippen molar-refractivity contribution in [1.29, 1.82) is 0 Å². The molecule has 0 fully saturated rings. The lowest BCUT2D eigenvalue weighted by atomic mass is 10.1. The molecule has 2 rings (SSSR count). The summed E-state index contributed by atoms with van der Waals surface area (Å²) in [5.74, 6) is -0.522. The Kier molecular flexibility index (Phi) is 3.96. The average molecular weight is 280 g/mol. The molecule has 0 heterocycles. The second-order valence-electron chi connectivity index (χ2n) is 4.55. The van der Waals surface area contributed by atoms with Gasteiger partial charge in [-0.2, -0.15) is 0 Å². The molecule has 0 aliphatic heterocycles. The van der Waals surface area contributed by atoms with Crippen LogP contribution in [0.2, 0.25) is 5.02 Å². The van der Waals surface area contributed by atoms with Gasteiger partial charge < -0.3 is 10.4 Å². The van der Waals surface area contributed by atoms with Crippen LogP contribution in [0.5, 0.6) is 5.75 Å². The highest BCUT2D eigenvalue weighted by Gasteiger charge is 2.12. The van der Waals surface area contributed by atoms with Gasteiger partial charge in [-0.1, -0.05) is 23.7 Å². The zero-order chi connectivity index (χ0) is 14.0. The molecule has 0 bridgehead atoms. The van der Waals surface area contributed by atoms with Crippen molar-refractivity contribution in [3.05, 3.63) is 58.4 Å². The Balaban J connectivity index is 2.25. The third-order valence-corrected chi connectivity index (χ3v) is 3.28. The first-order valence-electron chi connectivity index (χ1n) is 5.98. The van der Waals surface area contributed by atoms with Gasteiger partial charge in [-0.25, -0.2) is 4.39 Å². The summed E-state index contributed by atoms with van der Waals surface area (Å²) in [6.45, 7) is 3.85. The lowest BCUT2D eigenvalue weighted by Crippen LogP contribution is -2.07. The smallest absolute Gasteiger partial charge is 0.126 e. The van der Waals surface area contributed by atoms with Gasteiger partial charge in [0.1, 0.15) is 11.6 Å². The lowest BCUT2D eigenvalue weighted by molar-refractivity contribution is 0.459. The predicted octanol–water partition coefficient (Wildman–Crippen LogP) is 4.67. The molecule has 0 saturated carbocycles. The molecule has 1 atom stereocenters. The molecule has 0 spiro atoms. The second-order valence-corrected chi connectivity index (χ2v) is 4.96. The van der Waals surface area contributed by atoms with E-state index in [4.69, 9.17) is 11.6 Å². The first-order chi connectivity index (χ1) is 8.97. The molecule has 2 aromatic carbocycles. The van der Waals surface area contributed by atoms with E-state index in [2.05, 4.69) is 5.32 Å². The third kappa shape index (κ3) is 3.18. The number of hydrogen-bond acceptors (Lipinski definition) is 2. The van der Waals surface area contributed by atoms with Gasteiger partial charge in [0.2, 0.25) is 0 Å². The maximum absolute atomic E-state index is 13.0. The van der Waals surface area contributed by atoms with E-state index in [0.29, 0.717) is 10.6 Å². The van der Waals surface area contributed by atoms with E-state index in [1.807, 2.05) is 32.0 Å². The minimum Gasteiger partial charge on any atom is -0.507 e. The summed E-state index contributed by atoms with van der Waals surface area (Å²) >= 11 is 6.11. The Morgan fingerprint density at radius 2 is 1.95 bits per heavy atom. The number of phenolic OH excluding ortho intramolecular Hbond substituents is 1. The van der Waals surface area contributed by atoms with Crippen LogP contribution < -0.4 is 5.32 Å². The van der Waals surface area contributed by atoms with E-state index in [9.17, 15) is 9.50 Å². The SMILES string of the molecule is Cc1ccc(Cl)c(NC(C)c2ccc(F)cc2O)c1. The molecule has 0 aliphatic carbocycles. The Morgan fingerprint density at radius 1 is 1.21 bits per heavy atom.